The van der Waals surface area contributed by atoms with Crippen molar-refractivity contribution in [3.8, 4) is 5.75 Å². The van der Waals surface area contributed by atoms with Gasteiger partial charge in [-0.25, -0.2) is 0 Å². The Hall–Kier alpha value is -3.15. The number of hydrogen-bond donors (Lipinski definition) is 1. The second kappa shape index (κ2) is 6.76. The SMILES string of the molecule is Cc1cc(C)cc(NC(=O)CN2C(=O)COc3ccc(C=O)cc32)c1. The lowest BCUT2D eigenvalue weighted by atomic mass is 10.1. The number of anilines is 2. The van der Waals surface area contributed by atoms with Crippen LogP contribution in [0.5, 0.6) is 5.75 Å². The average molecular weight is 338 g/mol. The number of aldehydes is 1. The van der Waals surface area contributed by atoms with Gasteiger partial charge < -0.3 is 10.1 Å². The summed E-state index contributed by atoms with van der Waals surface area (Å²) in [6.45, 7) is 3.62. The van der Waals surface area contributed by atoms with Crippen LogP contribution in [0, 0.1) is 13.8 Å². The fourth-order valence-corrected chi connectivity index (χ4v) is 2.86. The second-order valence-corrected chi connectivity index (χ2v) is 6.04. The van der Waals surface area contributed by atoms with Gasteiger partial charge in [-0.1, -0.05) is 6.07 Å². The minimum atomic E-state index is -0.328. The number of nitrogens with one attached hydrogen (secondary N) is 1. The minimum Gasteiger partial charge on any atom is -0.482 e. The van der Waals surface area contributed by atoms with Crippen LogP contribution >= 0.6 is 0 Å². The molecule has 1 N–H and O–H groups in total. The molecule has 0 aliphatic carbocycles. The van der Waals surface area contributed by atoms with Crippen LogP contribution in [-0.2, 0) is 9.59 Å². The Morgan fingerprint density at radius 2 is 1.92 bits per heavy atom. The van der Waals surface area contributed by atoms with E-state index in [4.69, 9.17) is 4.74 Å². The third-order valence-electron chi connectivity index (χ3n) is 3.87. The van der Waals surface area contributed by atoms with Crippen molar-refractivity contribution in [3.63, 3.8) is 0 Å². The Morgan fingerprint density at radius 1 is 1.20 bits per heavy atom. The van der Waals surface area contributed by atoms with E-state index in [1.54, 1.807) is 18.2 Å². The Bertz CT molecular complexity index is 840. The van der Waals surface area contributed by atoms with Gasteiger partial charge in [-0.3, -0.25) is 19.3 Å². The highest BCUT2D eigenvalue weighted by Crippen LogP contribution is 2.32. The maximum Gasteiger partial charge on any atom is 0.265 e. The molecule has 2 aromatic rings. The van der Waals surface area contributed by atoms with Crippen molar-refractivity contribution in [2.24, 2.45) is 0 Å². The van der Waals surface area contributed by atoms with E-state index in [-0.39, 0.29) is 25.0 Å². The summed E-state index contributed by atoms with van der Waals surface area (Å²) >= 11 is 0. The molecule has 0 saturated carbocycles. The molecule has 1 aliphatic rings. The van der Waals surface area contributed by atoms with E-state index in [0.717, 1.165) is 11.1 Å². The number of aryl methyl sites for hydroxylation is 2. The summed E-state index contributed by atoms with van der Waals surface area (Å²) < 4.78 is 5.36. The van der Waals surface area contributed by atoms with Crippen molar-refractivity contribution in [1.82, 2.24) is 0 Å². The minimum absolute atomic E-state index is 0.135. The van der Waals surface area contributed by atoms with Crippen molar-refractivity contribution in [3.05, 3.63) is 53.1 Å². The van der Waals surface area contributed by atoms with Crippen LogP contribution in [0.15, 0.2) is 36.4 Å². The molecule has 0 fully saturated rings. The van der Waals surface area contributed by atoms with E-state index in [1.807, 2.05) is 32.0 Å². The second-order valence-electron chi connectivity index (χ2n) is 6.04. The molecule has 1 aliphatic heterocycles. The highest BCUT2D eigenvalue weighted by molar-refractivity contribution is 6.05. The van der Waals surface area contributed by atoms with Gasteiger partial charge in [0.15, 0.2) is 6.61 Å². The summed E-state index contributed by atoms with van der Waals surface area (Å²) in [5.74, 6) is -0.168. The zero-order valence-electron chi connectivity index (χ0n) is 14.0. The molecule has 1 heterocycles. The van der Waals surface area contributed by atoms with Crippen LogP contribution in [0.3, 0.4) is 0 Å². The highest BCUT2D eigenvalue weighted by atomic mass is 16.5. The molecule has 0 bridgehead atoms. The first kappa shape index (κ1) is 16.7. The summed E-state index contributed by atoms with van der Waals surface area (Å²) in [5.41, 5.74) is 3.61. The van der Waals surface area contributed by atoms with Gasteiger partial charge in [0.1, 0.15) is 18.6 Å². The largest absolute Gasteiger partial charge is 0.482 e. The molecule has 128 valence electrons. The van der Waals surface area contributed by atoms with Crippen LogP contribution < -0.4 is 15.0 Å². The molecular formula is C19H18N2O4. The molecule has 0 spiro atoms. The number of carbonyl (C=O) groups excluding carboxylic acids is 3. The van der Waals surface area contributed by atoms with Crippen LogP contribution in [0.25, 0.3) is 0 Å². The first-order valence-electron chi connectivity index (χ1n) is 7.87. The first-order valence-corrected chi connectivity index (χ1v) is 7.87. The predicted octanol–water partition coefficient (Wildman–Crippen LogP) is 2.48. The van der Waals surface area contributed by atoms with Crippen LogP contribution in [0.2, 0.25) is 0 Å². The number of rotatable bonds is 4. The average Bonchev–Trinajstić information content (AvgIpc) is 2.56. The Labute approximate surface area is 145 Å². The zero-order valence-corrected chi connectivity index (χ0v) is 14.0. The fraction of sp³-hybridized carbons (Fsp3) is 0.211. The van der Waals surface area contributed by atoms with E-state index in [2.05, 4.69) is 5.32 Å². The van der Waals surface area contributed by atoms with E-state index in [0.29, 0.717) is 29.0 Å². The number of fused-ring (bicyclic) bond motifs is 1. The van der Waals surface area contributed by atoms with Gasteiger partial charge in [-0.2, -0.15) is 0 Å². The van der Waals surface area contributed by atoms with Crippen LogP contribution in [-0.4, -0.2) is 31.3 Å². The van der Waals surface area contributed by atoms with Gasteiger partial charge in [-0.15, -0.1) is 0 Å². The van der Waals surface area contributed by atoms with Crippen molar-refractivity contribution in [1.29, 1.82) is 0 Å². The molecule has 0 saturated heterocycles. The standard InChI is InChI=1S/C19H18N2O4/c1-12-5-13(2)7-15(6-12)20-18(23)9-21-16-8-14(10-22)3-4-17(16)25-11-19(21)24/h3-8,10H,9,11H2,1-2H3,(H,20,23). The Morgan fingerprint density at radius 3 is 2.60 bits per heavy atom. The molecule has 0 unspecified atom stereocenters. The number of benzene rings is 2. The van der Waals surface area contributed by atoms with Gasteiger partial charge in [0, 0.05) is 11.3 Å². The number of hydrogen-bond acceptors (Lipinski definition) is 4. The number of amides is 2. The molecule has 2 amide bonds. The molecule has 25 heavy (non-hydrogen) atoms. The van der Waals surface area contributed by atoms with Crippen LogP contribution in [0.4, 0.5) is 11.4 Å². The van der Waals surface area contributed by atoms with E-state index in [9.17, 15) is 14.4 Å². The van der Waals surface area contributed by atoms with Gasteiger partial charge >= 0.3 is 0 Å². The lowest BCUT2D eigenvalue weighted by molar-refractivity contribution is -0.123. The lowest BCUT2D eigenvalue weighted by Crippen LogP contribution is -2.43. The molecule has 3 rings (SSSR count). The van der Waals surface area contributed by atoms with Crippen LogP contribution in [0.1, 0.15) is 21.5 Å². The van der Waals surface area contributed by atoms with Gasteiger partial charge in [0.2, 0.25) is 5.91 Å². The molecule has 0 atom stereocenters. The normalized spacial score (nSPS) is 13.0. The number of carbonyl (C=O) groups is 3. The number of ether oxygens (including phenoxy) is 1. The zero-order chi connectivity index (χ0) is 18.0. The van der Waals surface area contributed by atoms with Crippen molar-refractivity contribution < 1.29 is 19.1 Å². The van der Waals surface area contributed by atoms with Crippen molar-refractivity contribution in [2.75, 3.05) is 23.4 Å². The van der Waals surface area contributed by atoms with Gasteiger partial charge in [-0.05, 0) is 55.3 Å². The monoisotopic (exact) mass is 338 g/mol. The maximum atomic E-state index is 12.4. The van der Waals surface area contributed by atoms with E-state index >= 15 is 0 Å². The number of nitrogens with zero attached hydrogens (tertiary/aromatic N) is 1. The predicted molar refractivity (Wildman–Crippen MR) is 94.2 cm³/mol. The van der Waals surface area contributed by atoms with Crippen molar-refractivity contribution in [2.45, 2.75) is 13.8 Å². The third-order valence-corrected chi connectivity index (χ3v) is 3.87. The molecular weight excluding hydrogens is 320 g/mol. The Kier molecular flexibility index (Phi) is 4.52. The molecule has 6 heteroatoms. The summed E-state index contributed by atoms with van der Waals surface area (Å²) in [5, 5.41) is 2.81. The smallest absolute Gasteiger partial charge is 0.265 e. The third kappa shape index (κ3) is 3.68. The summed E-state index contributed by atoms with van der Waals surface area (Å²) in [7, 11) is 0. The van der Waals surface area contributed by atoms with Gasteiger partial charge in [0.25, 0.3) is 5.91 Å². The fourth-order valence-electron chi connectivity index (χ4n) is 2.86. The summed E-state index contributed by atoms with van der Waals surface area (Å²) in [6, 6.07) is 10.5. The molecule has 0 aromatic heterocycles. The van der Waals surface area contributed by atoms with E-state index < -0.39 is 0 Å². The maximum absolute atomic E-state index is 12.4. The summed E-state index contributed by atoms with van der Waals surface area (Å²) in [6.07, 6.45) is 0.688. The Balaban J connectivity index is 1.81. The molecule has 6 nitrogen and oxygen atoms in total. The molecule has 2 aromatic carbocycles. The van der Waals surface area contributed by atoms with E-state index in [1.165, 1.54) is 4.90 Å². The molecule has 0 radical (unpaired) electrons. The summed E-state index contributed by atoms with van der Waals surface area (Å²) in [4.78, 5) is 36.9. The lowest BCUT2D eigenvalue weighted by Gasteiger charge is -2.29. The topological polar surface area (TPSA) is 75.7 Å². The quantitative estimate of drug-likeness (QED) is 0.869. The van der Waals surface area contributed by atoms with Gasteiger partial charge in [0.05, 0.1) is 5.69 Å². The first-order chi connectivity index (χ1) is 12.0. The highest BCUT2D eigenvalue weighted by Gasteiger charge is 2.27. The van der Waals surface area contributed by atoms with Crippen molar-refractivity contribution >= 4 is 29.5 Å².